The van der Waals surface area contributed by atoms with Gasteiger partial charge in [0, 0.05) is 41.2 Å². The van der Waals surface area contributed by atoms with E-state index in [1.165, 1.54) is 36.0 Å². The highest BCUT2D eigenvalue weighted by Crippen LogP contribution is 2.22. The summed E-state index contributed by atoms with van der Waals surface area (Å²) in [5.41, 5.74) is 0.574. The first-order valence-electron chi connectivity index (χ1n) is 8.93. The minimum absolute atomic E-state index is 0.111. The second kappa shape index (κ2) is 10.0. The van der Waals surface area contributed by atoms with E-state index >= 15 is 0 Å². The van der Waals surface area contributed by atoms with Crippen molar-refractivity contribution in [1.82, 2.24) is 9.80 Å². The third kappa shape index (κ3) is 6.32. The van der Waals surface area contributed by atoms with Crippen molar-refractivity contribution in [3.05, 3.63) is 58.8 Å². The second-order valence-corrected chi connectivity index (χ2v) is 8.42. The number of rotatable bonds is 6. The van der Waals surface area contributed by atoms with Crippen molar-refractivity contribution in [2.45, 2.75) is 4.90 Å². The summed E-state index contributed by atoms with van der Waals surface area (Å²) in [6.45, 7) is 2.80. The first-order valence-corrected chi connectivity index (χ1v) is 10.7. The second-order valence-electron chi connectivity index (χ2n) is 6.46. The monoisotopic (exact) mass is 465 g/mol. The highest BCUT2D eigenvalue weighted by Gasteiger charge is 2.22. The van der Waals surface area contributed by atoms with Crippen molar-refractivity contribution in [2.75, 3.05) is 43.8 Å². The third-order valence-corrected chi connectivity index (χ3v) is 5.85. The standard InChI is InChI=1S/C20H21BrFN3O2S/c21-15-2-1-3-18(12-15)28-14-20(27)25-10-8-24(9-11-25)13-19(26)23-17-6-4-16(22)5-7-17/h1-7,12H,8-11,13-14H2,(H,23,26). The van der Waals surface area contributed by atoms with E-state index in [1.54, 1.807) is 0 Å². The maximum absolute atomic E-state index is 12.9. The van der Waals surface area contributed by atoms with E-state index in [9.17, 15) is 14.0 Å². The molecule has 0 saturated carbocycles. The van der Waals surface area contributed by atoms with Crippen molar-refractivity contribution >= 4 is 45.2 Å². The molecule has 0 aliphatic carbocycles. The van der Waals surface area contributed by atoms with Crippen LogP contribution in [0.5, 0.6) is 0 Å². The molecule has 0 bridgehead atoms. The van der Waals surface area contributed by atoms with Gasteiger partial charge >= 0.3 is 0 Å². The Labute approximate surface area is 176 Å². The smallest absolute Gasteiger partial charge is 0.238 e. The summed E-state index contributed by atoms with van der Waals surface area (Å²) in [7, 11) is 0. The van der Waals surface area contributed by atoms with E-state index in [2.05, 4.69) is 21.2 Å². The number of carbonyl (C=O) groups excluding carboxylic acids is 2. The molecule has 2 amide bonds. The molecule has 5 nitrogen and oxygen atoms in total. The molecule has 1 aliphatic heterocycles. The van der Waals surface area contributed by atoms with Gasteiger partial charge in [-0.05, 0) is 42.5 Å². The van der Waals surface area contributed by atoms with Gasteiger partial charge in [0.05, 0.1) is 12.3 Å². The number of benzene rings is 2. The van der Waals surface area contributed by atoms with Gasteiger partial charge in [-0.25, -0.2) is 4.39 Å². The lowest BCUT2D eigenvalue weighted by molar-refractivity contribution is -0.130. The molecule has 0 unspecified atom stereocenters. The normalized spacial score (nSPS) is 14.7. The average molecular weight is 466 g/mol. The van der Waals surface area contributed by atoms with Crippen LogP contribution in [0.25, 0.3) is 0 Å². The molecule has 1 aliphatic rings. The summed E-state index contributed by atoms with van der Waals surface area (Å²) < 4.78 is 13.9. The number of hydrogen-bond donors (Lipinski definition) is 1. The molecule has 1 heterocycles. The molecular weight excluding hydrogens is 445 g/mol. The predicted octanol–water partition coefficient (Wildman–Crippen LogP) is 3.46. The Balaban J connectivity index is 1.39. The van der Waals surface area contributed by atoms with Crippen LogP contribution in [0.4, 0.5) is 10.1 Å². The van der Waals surface area contributed by atoms with Crippen molar-refractivity contribution < 1.29 is 14.0 Å². The predicted molar refractivity (Wildman–Crippen MR) is 113 cm³/mol. The number of halogens is 2. The topological polar surface area (TPSA) is 52.7 Å². The maximum atomic E-state index is 12.9. The van der Waals surface area contributed by atoms with Gasteiger partial charge in [0.1, 0.15) is 5.82 Å². The largest absolute Gasteiger partial charge is 0.339 e. The Kier molecular flexibility index (Phi) is 7.47. The van der Waals surface area contributed by atoms with Gasteiger partial charge in [0.2, 0.25) is 11.8 Å². The fraction of sp³-hybridized carbons (Fsp3) is 0.300. The van der Waals surface area contributed by atoms with Crippen LogP contribution in [-0.2, 0) is 9.59 Å². The molecule has 8 heteroatoms. The number of hydrogen-bond acceptors (Lipinski definition) is 4. The zero-order valence-electron chi connectivity index (χ0n) is 15.2. The fourth-order valence-electron chi connectivity index (χ4n) is 2.89. The Morgan fingerprint density at radius 1 is 1.07 bits per heavy atom. The van der Waals surface area contributed by atoms with Gasteiger partial charge < -0.3 is 10.2 Å². The molecule has 0 atom stereocenters. The van der Waals surface area contributed by atoms with Gasteiger partial charge in [0.15, 0.2) is 0 Å². The number of piperazine rings is 1. The molecule has 148 valence electrons. The van der Waals surface area contributed by atoms with Crippen LogP contribution in [0.15, 0.2) is 57.9 Å². The quantitative estimate of drug-likeness (QED) is 0.663. The third-order valence-electron chi connectivity index (χ3n) is 4.38. The van der Waals surface area contributed by atoms with Gasteiger partial charge in [-0.3, -0.25) is 14.5 Å². The van der Waals surface area contributed by atoms with Crippen molar-refractivity contribution in [3.8, 4) is 0 Å². The van der Waals surface area contributed by atoms with Crippen LogP contribution >= 0.6 is 27.7 Å². The van der Waals surface area contributed by atoms with E-state index < -0.39 is 0 Å². The molecule has 2 aromatic carbocycles. The Morgan fingerprint density at radius 2 is 1.79 bits per heavy atom. The number of nitrogens with zero attached hydrogens (tertiary/aromatic N) is 2. The summed E-state index contributed by atoms with van der Waals surface area (Å²) in [5, 5.41) is 2.76. The lowest BCUT2D eigenvalue weighted by Crippen LogP contribution is -2.50. The Morgan fingerprint density at radius 3 is 2.46 bits per heavy atom. The van der Waals surface area contributed by atoms with Crippen molar-refractivity contribution in [3.63, 3.8) is 0 Å². The molecule has 1 fully saturated rings. The maximum Gasteiger partial charge on any atom is 0.238 e. The number of carbonyl (C=O) groups is 2. The molecule has 1 N–H and O–H groups in total. The van der Waals surface area contributed by atoms with E-state index in [4.69, 9.17) is 0 Å². The highest BCUT2D eigenvalue weighted by molar-refractivity contribution is 9.10. The van der Waals surface area contributed by atoms with Gasteiger partial charge in [-0.2, -0.15) is 0 Å². The SMILES string of the molecule is O=C(CN1CCN(C(=O)CSc2cccc(Br)c2)CC1)Nc1ccc(F)cc1. The van der Waals surface area contributed by atoms with Crippen LogP contribution in [0.2, 0.25) is 0 Å². The number of anilines is 1. The van der Waals surface area contributed by atoms with Crippen LogP contribution in [0, 0.1) is 5.82 Å². The molecular formula is C20H21BrFN3O2S. The minimum atomic E-state index is -0.336. The van der Waals surface area contributed by atoms with Crippen LogP contribution in [0.1, 0.15) is 0 Å². The van der Waals surface area contributed by atoms with Crippen LogP contribution < -0.4 is 5.32 Å². The summed E-state index contributed by atoms with van der Waals surface area (Å²) >= 11 is 4.96. The summed E-state index contributed by atoms with van der Waals surface area (Å²) in [6, 6.07) is 13.6. The number of thioether (sulfide) groups is 1. The van der Waals surface area contributed by atoms with E-state index in [0.29, 0.717) is 37.6 Å². The molecule has 1 saturated heterocycles. The summed E-state index contributed by atoms with van der Waals surface area (Å²) in [4.78, 5) is 29.5. The Bertz CT molecular complexity index is 826. The number of amides is 2. The minimum Gasteiger partial charge on any atom is -0.339 e. The summed E-state index contributed by atoms with van der Waals surface area (Å²) in [5.74, 6) is 0.0375. The molecule has 2 aromatic rings. The molecule has 0 aromatic heterocycles. The van der Waals surface area contributed by atoms with Crippen LogP contribution in [0.3, 0.4) is 0 Å². The lowest BCUT2D eigenvalue weighted by atomic mass is 10.3. The molecule has 0 radical (unpaired) electrons. The molecule has 28 heavy (non-hydrogen) atoms. The average Bonchev–Trinajstić information content (AvgIpc) is 2.68. The van der Waals surface area contributed by atoms with Gasteiger partial charge in [-0.15, -0.1) is 11.8 Å². The fourth-order valence-corrected chi connectivity index (χ4v) is 4.29. The van der Waals surface area contributed by atoms with Crippen molar-refractivity contribution in [2.24, 2.45) is 0 Å². The molecule has 0 spiro atoms. The zero-order valence-corrected chi connectivity index (χ0v) is 17.6. The lowest BCUT2D eigenvalue weighted by Gasteiger charge is -2.34. The molecule has 3 rings (SSSR count). The summed E-state index contributed by atoms with van der Waals surface area (Å²) in [6.07, 6.45) is 0. The van der Waals surface area contributed by atoms with Crippen molar-refractivity contribution in [1.29, 1.82) is 0 Å². The zero-order chi connectivity index (χ0) is 19.9. The van der Waals surface area contributed by atoms with Crippen LogP contribution in [-0.4, -0.2) is 60.1 Å². The van der Waals surface area contributed by atoms with E-state index in [1.807, 2.05) is 34.1 Å². The first-order chi connectivity index (χ1) is 13.5. The van der Waals surface area contributed by atoms with Gasteiger partial charge in [0.25, 0.3) is 0 Å². The van der Waals surface area contributed by atoms with E-state index in [0.717, 1.165) is 9.37 Å². The van der Waals surface area contributed by atoms with Gasteiger partial charge in [-0.1, -0.05) is 22.0 Å². The van der Waals surface area contributed by atoms with E-state index in [-0.39, 0.29) is 24.2 Å². The number of nitrogens with one attached hydrogen (secondary N) is 1. The highest BCUT2D eigenvalue weighted by atomic mass is 79.9. The first kappa shape index (κ1) is 20.8. The Hall–Kier alpha value is -1.90.